The molecule has 3 aromatic rings. The van der Waals surface area contributed by atoms with E-state index in [4.69, 9.17) is 4.74 Å². The summed E-state index contributed by atoms with van der Waals surface area (Å²) in [5, 5.41) is 20.2. The Morgan fingerprint density at radius 3 is 2.79 bits per heavy atom. The van der Waals surface area contributed by atoms with Gasteiger partial charge in [0, 0.05) is 0 Å². The van der Waals surface area contributed by atoms with E-state index in [0.29, 0.717) is 22.0 Å². The summed E-state index contributed by atoms with van der Waals surface area (Å²) in [5.41, 5.74) is 1.09. The molecule has 0 unspecified atom stereocenters. The van der Waals surface area contributed by atoms with E-state index in [0.717, 1.165) is 39.1 Å². The van der Waals surface area contributed by atoms with Gasteiger partial charge in [-0.15, -0.1) is 22.7 Å². The fourth-order valence-electron chi connectivity index (χ4n) is 2.46. The van der Waals surface area contributed by atoms with Crippen LogP contribution in [0.1, 0.15) is 33.8 Å². The fourth-order valence-corrected chi connectivity index (χ4v) is 4.52. The molecule has 1 aromatic carbocycles. The molecular weight excluding hydrogens is 344 g/mol. The van der Waals surface area contributed by atoms with Crippen LogP contribution in [0.5, 0.6) is 5.75 Å². The van der Waals surface area contributed by atoms with E-state index in [9.17, 15) is 15.2 Å². The van der Waals surface area contributed by atoms with Gasteiger partial charge < -0.3 is 9.84 Å². The number of benzene rings is 1. The van der Waals surface area contributed by atoms with Crippen molar-refractivity contribution in [2.45, 2.75) is 25.9 Å². The Bertz CT molecular complexity index is 1010. The third-order valence-electron chi connectivity index (χ3n) is 3.74. The van der Waals surface area contributed by atoms with Crippen molar-refractivity contribution >= 4 is 38.7 Å². The summed E-state index contributed by atoms with van der Waals surface area (Å²) in [7, 11) is 0. The lowest BCUT2D eigenvalue weighted by atomic mass is 10.1. The van der Waals surface area contributed by atoms with Crippen LogP contribution in [0.25, 0.3) is 20.0 Å². The van der Waals surface area contributed by atoms with Crippen LogP contribution >= 0.6 is 22.7 Å². The normalized spacial score (nSPS) is 13.8. The molecule has 0 atom stereocenters. The highest BCUT2D eigenvalue weighted by Crippen LogP contribution is 2.40. The molecule has 1 saturated carbocycles. The van der Waals surface area contributed by atoms with E-state index < -0.39 is 5.97 Å². The van der Waals surface area contributed by atoms with Gasteiger partial charge in [-0.25, -0.2) is 9.78 Å². The highest BCUT2D eigenvalue weighted by atomic mass is 32.1. The van der Waals surface area contributed by atoms with Crippen LogP contribution in [0.15, 0.2) is 18.2 Å². The Labute approximate surface area is 145 Å². The number of nitrogens with zero attached hydrogens (tertiary/aromatic N) is 2. The first-order valence-corrected chi connectivity index (χ1v) is 9.04. The van der Waals surface area contributed by atoms with Crippen molar-refractivity contribution < 1.29 is 14.6 Å². The average molecular weight is 356 g/mol. The van der Waals surface area contributed by atoms with Gasteiger partial charge in [-0.2, -0.15) is 5.26 Å². The number of carboxylic acids is 1. The number of thiophene rings is 1. The van der Waals surface area contributed by atoms with Crippen LogP contribution < -0.4 is 4.74 Å². The van der Waals surface area contributed by atoms with Crippen LogP contribution in [-0.2, 0) is 0 Å². The number of thiazole rings is 1. The second-order valence-electron chi connectivity index (χ2n) is 5.67. The molecule has 120 valence electrons. The van der Waals surface area contributed by atoms with E-state index in [-0.39, 0.29) is 11.0 Å². The van der Waals surface area contributed by atoms with Gasteiger partial charge in [0.25, 0.3) is 0 Å². The van der Waals surface area contributed by atoms with Crippen LogP contribution in [0.2, 0.25) is 0 Å². The number of aromatic carboxylic acids is 1. The summed E-state index contributed by atoms with van der Waals surface area (Å²) in [6.07, 6.45) is 2.39. The second kappa shape index (κ2) is 5.58. The van der Waals surface area contributed by atoms with Crippen molar-refractivity contribution in [1.82, 2.24) is 4.98 Å². The van der Waals surface area contributed by atoms with Crippen LogP contribution in [0, 0.1) is 18.3 Å². The first kappa shape index (κ1) is 15.1. The van der Waals surface area contributed by atoms with E-state index in [1.54, 1.807) is 13.0 Å². The van der Waals surface area contributed by atoms with E-state index in [1.807, 2.05) is 12.1 Å². The van der Waals surface area contributed by atoms with Crippen LogP contribution in [-0.4, -0.2) is 22.2 Å². The number of carbonyl (C=O) groups is 1. The number of hydrogen-bond acceptors (Lipinski definition) is 6. The number of fused-ring (bicyclic) bond motifs is 1. The summed E-state index contributed by atoms with van der Waals surface area (Å²) < 4.78 is 6.68. The molecule has 1 aliphatic carbocycles. The maximum atomic E-state index is 11.2. The van der Waals surface area contributed by atoms with E-state index >= 15 is 0 Å². The lowest BCUT2D eigenvalue weighted by Gasteiger charge is -2.04. The summed E-state index contributed by atoms with van der Waals surface area (Å²) in [6.45, 7) is 1.69. The second-order valence-corrected chi connectivity index (χ2v) is 7.72. The zero-order valence-electron chi connectivity index (χ0n) is 12.7. The highest BCUT2D eigenvalue weighted by molar-refractivity contribution is 7.26. The molecule has 0 aliphatic heterocycles. The lowest BCUT2D eigenvalue weighted by Crippen LogP contribution is -1.95. The molecule has 0 amide bonds. The Balaban J connectivity index is 1.81. The zero-order valence-corrected chi connectivity index (χ0v) is 14.3. The van der Waals surface area contributed by atoms with Crippen molar-refractivity contribution in [3.05, 3.63) is 34.3 Å². The molecule has 2 aromatic heterocycles. The maximum Gasteiger partial charge on any atom is 0.347 e. The van der Waals surface area contributed by atoms with Gasteiger partial charge in [-0.1, -0.05) is 0 Å². The Morgan fingerprint density at radius 1 is 1.38 bits per heavy atom. The molecule has 2 heterocycles. The maximum absolute atomic E-state index is 11.2. The number of ether oxygens (including phenoxy) is 1. The predicted molar refractivity (Wildman–Crippen MR) is 93.0 cm³/mol. The molecule has 1 aliphatic rings. The molecule has 0 bridgehead atoms. The third kappa shape index (κ3) is 2.64. The molecule has 4 rings (SSSR count). The van der Waals surface area contributed by atoms with Crippen molar-refractivity contribution in [1.29, 1.82) is 5.26 Å². The highest BCUT2D eigenvalue weighted by Gasteiger charge is 2.24. The average Bonchev–Trinajstić information content (AvgIpc) is 3.10. The summed E-state index contributed by atoms with van der Waals surface area (Å²) in [5.74, 6) is -0.248. The minimum atomic E-state index is -0.963. The van der Waals surface area contributed by atoms with Crippen LogP contribution in [0.3, 0.4) is 0 Å². The Kier molecular flexibility index (Phi) is 3.52. The van der Waals surface area contributed by atoms with Gasteiger partial charge >= 0.3 is 5.97 Å². The SMILES string of the molecule is Cc1nc(-c2cc3cc(OC4CC4)cc(C#N)c3s2)sc1C(=O)O. The van der Waals surface area contributed by atoms with E-state index in [1.165, 1.54) is 11.3 Å². The molecule has 1 N–H and O–H groups in total. The molecule has 0 saturated heterocycles. The Hall–Kier alpha value is -2.43. The minimum absolute atomic E-state index is 0.251. The Morgan fingerprint density at radius 2 is 2.17 bits per heavy atom. The van der Waals surface area contributed by atoms with Gasteiger partial charge in [-0.05, 0) is 43.4 Å². The van der Waals surface area contributed by atoms with E-state index in [2.05, 4.69) is 11.1 Å². The molecular formula is C17H12N2O3S2. The third-order valence-corrected chi connectivity index (χ3v) is 6.24. The number of rotatable bonds is 4. The number of nitriles is 1. The van der Waals surface area contributed by atoms with Crippen molar-refractivity contribution in [3.8, 4) is 21.7 Å². The minimum Gasteiger partial charge on any atom is -0.490 e. The van der Waals surface area contributed by atoms with Gasteiger partial charge in [0.15, 0.2) is 0 Å². The summed E-state index contributed by atoms with van der Waals surface area (Å²) in [6, 6.07) is 7.88. The topological polar surface area (TPSA) is 83.2 Å². The monoisotopic (exact) mass is 356 g/mol. The first-order chi connectivity index (χ1) is 11.5. The van der Waals surface area contributed by atoms with Crippen molar-refractivity contribution in [3.63, 3.8) is 0 Å². The first-order valence-electron chi connectivity index (χ1n) is 7.40. The lowest BCUT2D eigenvalue weighted by molar-refractivity contribution is 0.0701. The molecule has 1 fully saturated rings. The van der Waals surface area contributed by atoms with Gasteiger partial charge in [0.1, 0.15) is 21.7 Å². The largest absolute Gasteiger partial charge is 0.490 e. The smallest absolute Gasteiger partial charge is 0.347 e. The standard InChI is InChI=1S/C17H12N2O3S2/c1-8-14(17(20)21)24-16(19-8)13-6-9-4-12(22-11-2-3-11)5-10(7-18)15(9)23-13/h4-6,11H,2-3H2,1H3,(H,20,21). The molecule has 7 heteroatoms. The molecule has 5 nitrogen and oxygen atoms in total. The van der Waals surface area contributed by atoms with Crippen molar-refractivity contribution in [2.24, 2.45) is 0 Å². The van der Waals surface area contributed by atoms with Crippen LogP contribution in [0.4, 0.5) is 0 Å². The predicted octanol–water partition coefficient (Wildman–Crippen LogP) is 4.44. The summed E-state index contributed by atoms with van der Waals surface area (Å²) >= 11 is 2.62. The molecule has 0 radical (unpaired) electrons. The van der Waals surface area contributed by atoms with Gasteiger partial charge in [0.2, 0.25) is 0 Å². The number of aryl methyl sites for hydroxylation is 1. The van der Waals surface area contributed by atoms with Gasteiger partial charge in [-0.3, -0.25) is 0 Å². The summed E-state index contributed by atoms with van der Waals surface area (Å²) in [4.78, 5) is 16.7. The number of hydrogen-bond donors (Lipinski definition) is 1. The number of carboxylic acid groups (broad SMARTS) is 1. The van der Waals surface area contributed by atoms with Gasteiger partial charge in [0.05, 0.1) is 26.9 Å². The number of aromatic nitrogens is 1. The quantitative estimate of drug-likeness (QED) is 0.747. The van der Waals surface area contributed by atoms with Crippen molar-refractivity contribution in [2.75, 3.05) is 0 Å². The zero-order chi connectivity index (χ0) is 16.8. The molecule has 24 heavy (non-hydrogen) atoms. The molecule has 0 spiro atoms. The fraction of sp³-hybridized carbons (Fsp3) is 0.235.